The lowest BCUT2D eigenvalue weighted by molar-refractivity contribution is -0.274. The number of hydrogen-bond donors (Lipinski definition) is 10. The van der Waals surface area contributed by atoms with Crippen LogP contribution in [-0.4, -0.2) is 136 Å². The van der Waals surface area contributed by atoms with Crippen LogP contribution in [0.15, 0.2) is 17.1 Å². The van der Waals surface area contributed by atoms with Crippen molar-refractivity contribution >= 4 is 31.8 Å². The molecular weight excluding hydrogens is 611 g/mol. The topological polar surface area (TPSA) is 340 Å². The van der Waals surface area contributed by atoms with Crippen LogP contribution >= 0.6 is 7.82 Å². The number of ether oxygens (including phenoxy) is 2. The number of carboxylic acids is 1. The summed E-state index contributed by atoms with van der Waals surface area (Å²) in [4.78, 5) is 60.8. The molecule has 21 nitrogen and oxygen atoms in total. The van der Waals surface area contributed by atoms with Crippen molar-refractivity contribution in [1.29, 1.82) is 0 Å². The van der Waals surface area contributed by atoms with Crippen LogP contribution in [0.2, 0.25) is 0 Å². The number of phosphoric ester groups is 1. The zero-order chi connectivity index (χ0) is 32.3. The standard InChI is InChI=1S/C21H31N4O17P/c22-11-1-2-25(20(36)23-11)19-17(35)16(34)10(40-19)6-39-43(37,38)42-21(7-27)4-8(28)14(24-12(30)3-13(31)32)18(41-21)15(33)9(29)5-26/h1-2,7-10,14-19,26,28-29,33-35H,3-6H2,(H,24,30)(H,31,32)(H,37,38)(H2,22,23,36)/t8-,9-,10?,14?,15-,16-,17-,18?,19?,21+/m1/s1. The van der Waals surface area contributed by atoms with Crippen molar-refractivity contribution in [2.24, 2.45) is 0 Å². The van der Waals surface area contributed by atoms with E-state index in [9.17, 15) is 59.3 Å². The van der Waals surface area contributed by atoms with Gasteiger partial charge in [-0.3, -0.25) is 23.5 Å². The Morgan fingerprint density at radius 3 is 2.56 bits per heavy atom. The Morgan fingerprint density at radius 1 is 1.30 bits per heavy atom. The molecule has 2 saturated heterocycles. The second-order valence-corrected chi connectivity index (χ2v) is 11.0. The van der Waals surface area contributed by atoms with Gasteiger partial charge in [0.1, 0.15) is 48.9 Å². The fraction of sp³-hybridized carbons (Fsp3) is 0.667. The number of nitrogens with zero attached hydrogens (tertiary/aromatic N) is 2. The minimum Gasteiger partial charge on any atom is -0.481 e. The molecule has 11 atom stereocenters. The highest BCUT2D eigenvalue weighted by Crippen LogP contribution is 2.50. The molecule has 2 aliphatic rings. The quantitative estimate of drug-likeness (QED) is 0.0544. The van der Waals surface area contributed by atoms with Crippen LogP contribution in [0, 0.1) is 0 Å². The van der Waals surface area contributed by atoms with Gasteiger partial charge >= 0.3 is 19.5 Å². The average molecular weight is 642 g/mol. The first-order chi connectivity index (χ1) is 20.0. The van der Waals surface area contributed by atoms with E-state index in [2.05, 4.69) is 4.98 Å². The van der Waals surface area contributed by atoms with E-state index in [0.717, 1.165) is 10.8 Å². The van der Waals surface area contributed by atoms with Crippen LogP contribution in [-0.2, 0) is 37.5 Å². The second-order valence-electron chi connectivity index (χ2n) is 9.63. The normalized spacial score (nSPS) is 33.7. The minimum absolute atomic E-state index is 0.138. The highest BCUT2D eigenvalue weighted by atomic mass is 31.2. The summed E-state index contributed by atoms with van der Waals surface area (Å²) in [5.74, 6) is -5.77. The molecular formula is C21H31N4O17P. The summed E-state index contributed by atoms with van der Waals surface area (Å²) in [5.41, 5.74) is 4.46. The molecule has 5 unspecified atom stereocenters. The first-order valence-electron chi connectivity index (χ1n) is 12.4. The Hall–Kier alpha value is -2.92. The lowest BCUT2D eigenvalue weighted by Gasteiger charge is -2.46. The molecule has 0 aliphatic carbocycles. The van der Waals surface area contributed by atoms with Gasteiger partial charge < -0.3 is 61.2 Å². The summed E-state index contributed by atoms with van der Waals surface area (Å²) >= 11 is 0. The summed E-state index contributed by atoms with van der Waals surface area (Å²) < 4.78 is 33.9. The van der Waals surface area contributed by atoms with Crippen molar-refractivity contribution < 1.29 is 78.1 Å². The Kier molecular flexibility index (Phi) is 11.1. The van der Waals surface area contributed by atoms with Crippen LogP contribution < -0.4 is 16.7 Å². The van der Waals surface area contributed by atoms with E-state index in [1.807, 2.05) is 5.32 Å². The summed E-state index contributed by atoms with van der Waals surface area (Å²) in [7, 11) is -5.43. The van der Waals surface area contributed by atoms with Gasteiger partial charge in [-0.1, -0.05) is 0 Å². The molecule has 0 spiro atoms. The molecule has 2 aliphatic heterocycles. The summed E-state index contributed by atoms with van der Waals surface area (Å²) in [5, 5.41) is 71.7. The fourth-order valence-corrected chi connectivity index (χ4v) is 5.35. The Balaban J connectivity index is 1.76. The maximum Gasteiger partial charge on any atom is 0.475 e. The number of aliphatic hydroxyl groups is 6. The van der Waals surface area contributed by atoms with Crippen LogP contribution in [0.4, 0.5) is 5.82 Å². The molecule has 22 heteroatoms. The number of anilines is 1. The van der Waals surface area contributed by atoms with Crippen molar-refractivity contribution in [3.63, 3.8) is 0 Å². The molecule has 0 saturated carbocycles. The highest BCUT2D eigenvalue weighted by Gasteiger charge is 2.55. The monoisotopic (exact) mass is 642 g/mol. The zero-order valence-electron chi connectivity index (χ0n) is 21.9. The zero-order valence-corrected chi connectivity index (χ0v) is 22.8. The number of aldehydes is 1. The lowest BCUT2D eigenvalue weighted by Crippen LogP contribution is -2.66. The molecule has 3 heterocycles. The number of carbonyl (C=O) groups is 3. The number of carbonyl (C=O) groups excluding carboxylic acids is 2. The van der Waals surface area contributed by atoms with Gasteiger partial charge in [-0.05, 0) is 6.07 Å². The smallest absolute Gasteiger partial charge is 0.475 e. The third-order valence-electron chi connectivity index (χ3n) is 6.47. The van der Waals surface area contributed by atoms with Crippen molar-refractivity contribution in [3.8, 4) is 0 Å². The summed E-state index contributed by atoms with van der Waals surface area (Å²) in [6.07, 6.45) is -15.9. The van der Waals surface area contributed by atoms with Crippen LogP contribution in [0.5, 0.6) is 0 Å². The number of aliphatic hydroxyl groups excluding tert-OH is 6. The molecule has 2 fully saturated rings. The van der Waals surface area contributed by atoms with Gasteiger partial charge in [0.05, 0.1) is 25.4 Å². The maximum atomic E-state index is 12.8. The van der Waals surface area contributed by atoms with Crippen molar-refractivity contribution in [3.05, 3.63) is 22.7 Å². The van der Waals surface area contributed by atoms with Crippen molar-refractivity contribution in [2.45, 2.75) is 73.6 Å². The largest absolute Gasteiger partial charge is 0.481 e. The second kappa shape index (κ2) is 13.8. The Morgan fingerprint density at radius 2 is 1.98 bits per heavy atom. The van der Waals surface area contributed by atoms with Crippen molar-refractivity contribution in [1.82, 2.24) is 14.9 Å². The van der Waals surface area contributed by atoms with Gasteiger partial charge in [0.15, 0.2) is 12.5 Å². The maximum absolute atomic E-state index is 12.8. The lowest BCUT2D eigenvalue weighted by atomic mass is 9.89. The van der Waals surface area contributed by atoms with Crippen LogP contribution in [0.3, 0.4) is 0 Å². The number of nitrogen functional groups attached to an aromatic ring is 1. The van der Waals surface area contributed by atoms with Crippen LogP contribution in [0.25, 0.3) is 0 Å². The number of aromatic nitrogens is 2. The number of amides is 1. The number of carboxylic acid groups (broad SMARTS) is 1. The first kappa shape index (κ1) is 34.6. The number of phosphoric acid groups is 1. The van der Waals surface area contributed by atoms with E-state index in [-0.39, 0.29) is 12.1 Å². The molecule has 1 aromatic heterocycles. The van der Waals surface area contributed by atoms with E-state index < -0.39 is 112 Å². The van der Waals surface area contributed by atoms with E-state index in [0.29, 0.717) is 0 Å². The molecule has 0 bridgehead atoms. The molecule has 1 aromatic rings. The number of rotatable bonds is 13. The van der Waals surface area contributed by atoms with Gasteiger partial charge in [-0.25, -0.2) is 13.9 Å². The van der Waals surface area contributed by atoms with Gasteiger partial charge in [-0.15, -0.1) is 0 Å². The summed E-state index contributed by atoms with van der Waals surface area (Å²) in [6, 6.07) is -0.516. The number of nitrogens with two attached hydrogens (primary N) is 1. The van der Waals surface area contributed by atoms with Gasteiger partial charge in [0.2, 0.25) is 11.7 Å². The molecule has 1 amide bonds. The molecule has 3 rings (SSSR count). The van der Waals surface area contributed by atoms with E-state index in [1.54, 1.807) is 0 Å². The first-order valence-corrected chi connectivity index (χ1v) is 13.9. The average Bonchev–Trinajstić information content (AvgIpc) is 3.20. The summed E-state index contributed by atoms with van der Waals surface area (Å²) in [6.45, 7) is -2.07. The third kappa shape index (κ3) is 8.17. The molecule has 11 N–H and O–H groups in total. The molecule has 0 aromatic carbocycles. The fourth-order valence-electron chi connectivity index (χ4n) is 4.41. The molecule has 0 radical (unpaired) electrons. The highest BCUT2D eigenvalue weighted by molar-refractivity contribution is 7.47. The minimum atomic E-state index is -5.43. The third-order valence-corrected chi connectivity index (χ3v) is 7.48. The predicted octanol–water partition coefficient (Wildman–Crippen LogP) is -5.70. The SMILES string of the molecule is Nc1ccn(C2OC(COP(=O)(O)O[C@]3(C=O)C[C@@H](O)C(NC(=O)CC(=O)O)C([C@H](O)[C@H](O)CO)O3)[C@@H](O)[C@H]2O)c(=O)n1. The van der Waals surface area contributed by atoms with Gasteiger partial charge in [0, 0.05) is 12.6 Å². The predicted molar refractivity (Wildman–Crippen MR) is 133 cm³/mol. The number of aliphatic carboxylic acids is 1. The van der Waals surface area contributed by atoms with E-state index in [4.69, 9.17) is 29.4 Å². The Labute approximate surface area is 240 Å². The number of nitrogens with one attached hydrogen (secondary N) is 1. The van der Waals surface area contributed by atoms with Crippen molar-refractivity contribution in [2.75, 3.05) is 18.9 Å². The number of hydrogen-bond acceptors (Lipinski definition) is 17. The van der Waals surface area contributed by atoms with Crippen LogP contribution in [0.1, 0.15) is 19.1 Å². The van der Waals surface area contributed by atoms with Gasteiger partial charge in [-0.2, -0.15) is 4.98 Å². The van der Waals surface area contributed by atoms with Gasteiger partial charge in [0.25, 0.3) is 0 Å². The van der Waals surface area contributed by atoms with E-state index in [1.165, 1.54) is 6.07 Å². The Bertz CT molecular complexity index is 1280. The molecule has 43 heavy (non-hydrogen) atoms. The molecule has 242 valence electrons. The van der Waals surface area contributed by atoms with E-state index >= 15 is 0 Å².